The van der Waals surface area contributed by atoms with Gasteiger partial charge in [0.1, 0.15) is 10.4 Å². The maximum atomic E-state index is 12.6. The normalized spacial score (nSPS) is 22.2. The van der Waals surface area contributed by atoms with Crippen LogP contribution in [0, 0.1) is 6.92 Å². The standard InChI is InChI=1S/C14H20N2O3S/c1-4-6-10-15-9(2)11(20-10)12(17)16-8-5-7-14(16,3)13(18)19/h4-8H2,1-3H3,(H,18,19). The number of rotatable bonds is 4. The zero-order valence-corrected chi connectivity index (χ0v) is 12.9. The lowest BCUT2D eigenvalue weighted by atomic mass is 9.99. The van der Waals surface area contributed by atoms with Gasteiger partial charge >= 0.3 is 5.97 Å². The van der Waals surface area contributed by atoms with Crippen LogP contribution < -0.4 is 0 Å². The fourth-order valence-corrected chi connectivity index (χ4v) is 3.72. The Kier molecular flexibility index (Phi) is 4.13. The van der Waals surface area contributed by atoms with Gasteiger partial charge in [0.25, 0.3) is 5.91 Å². The molecule has 0 bridgehead atoms. The second kappa shape index (κ2) is 5.52. The summed E-state index contributed by atoms with van der Waals surface area (Å²) in [4.78, 5) is 30.6. The summed E-state index contributed by atoms with van der Waals surface area (Å²) in [5.41, 5.74) is -0.374. The molecule has 0 radical (unpaired) electrons. The van der Waals surface area contributed by atoms with Crippen molar-refractivity contribution in [1.82, 2.24) is 9.88 Å². The third-order valence-electron chi connectivity index (χ3n) is 3.85. The van der Waals surface area contributed by atoms with E-state index in [0.717, 1.165) is 24.3 Å². The fourth-order valence-electron chi connectivity index (χ4n) is 2.61. The van der Waals surface area contributed by atoms with Gasteiger partial charge in [-0.3, -0.25) is 4.79 Å². The Bertz CT molecular complexity index is 541. The summed E-state index contributed by atoms with van der Waals surface area (Å²) in [5, 5.41) is 10.3. The molecular weight excluding hydrogens is 276 g/mol. The zero-order chi connectivity index (χ0) is 14.9. The van der Waals surface area contributed by atoms with Crippen molar-refractivity contribution in [3.05, 3.63) is 15.6 Å². The van der Waals surface area contributed by atoms with Crippen LogP contribution in [0.3, 0.4) is 0 Å². The summed E-state index contributed by atoms with van der Waals surface area (Å²) in [5.74, 6) is -1.12. The average molecular weight is 296 g/mol. The quantitative estimate of drug-likeness (QED) is 0.926. The molecule has 1 aliphatic heterocycles. The first-order valence-electron chi connectivity index (χ1n) is 6.91. The van der Waals surface area contributed by atoms with Crippen LogP contribution in [-0.4, -0.2) is 39.0 Å². The Morgan fingerprint density at radius 1 is 1.50 bits per heavy atom. The smallest absolute Gasteiger partial charge is 0.329 e. The number of carbonyl (C=O) groups excluding carboxylic acids is 1. The lowest BCUT2D eigenvalue weighted by molar-refractivity contribution is -0.147. The number of carbonyl (C=O) groups is 2. The number of hydrogen-bond donors (Lipinski definition) is 1. The molecule has 1 aromatic heterocycles. The van der Waals surface area contributed by atoms with E-state index >= 15 is 0 Å². The van der Waals surface area contributed by atoms with Crippen LogP contribution in [0.15, 0.2) is 0 Å². The molecule has 1 fully saturated rings. The van der Waals surface area contributed by atoms with E-state index in [9.17, 15) is 14.7 Å². The molecule has 0 aliphatic carbocycles. The molecule has 6 heteroatoms. The number of aryl methyl sites for hydroxylation is 2. The molecule has 1 N–H and O–H groups in total. The monoisotopic (exact) mass is 296 g/mol. The number of aromatic nitrogens is 1. The topological polar surface area (TPSA) is 70.5 Å². The van der Waals surface area contributed by atoms with E-state index in [-0.39, 0.29) is 5.91 Å². The summed E-state index contributed by atoms with van der Waals surface area (Å²) in [7, 11) is 0. The number of thiazole rings is 1. The van der Waals surface area contributed by atoms with Gasteiger partial charge in [0.05, 0.1) is 10.7 Å². The zero-order valence-electron chi connectivity index (χ0n) is 12.1. The molecule has 1 amide bonds. The minimum Gasteiger partial charge on any atom is -0.480 e. The molecule has 0 saturated carbocycles. The van der Waals surface area contributed by atoms with Gasteiger partial charge in [0.15, 0.2) is 0 Å². The van der Waals surface area contributed by atoms with Crippen LogP contribution in [0.4, 0.5) is 0 Å². The predicted molar refractivity (Wildman–Crippen MR) is 77.2 cm³/mol. The molecule has 2 rings (SSSR count). The molecule has 1 saturated heterocycles. The Hall–Kier alpha value is -1.43. The molecule has 1 atom stereocenters. The summed E-state index contributed by atoms with van der Waals surface area (Å²) in [6.07, 6.45) is 3.08. The van der Waals surface area contributed by atoms with Gasteiger partial charge in [0.2, 0.25) is 0 Å². The van der Waals surface area contributed by atoms with E-state index in [1.165, 1.54) is 16.2 Å². The number of nitrogens with zero attached hydrogens (tertiary/aromatic N) is 2. The Morgan fingerprint density at radius 3 is 2.80 bits per heavy atom. The largest absolute Gasteiger partial charge is 0.480 e. The Labute approximate surface area is 122 Å². The van der Waals surface area contributed by atoms with Crippen LogP contribution in [0.25, 0.3) is 0 Å². The van der Waals surface area contributed by atoms with Gasteiger partial charge in [-0.15, -0.1) is 11.3 Å². The Morgan fingerprint density at radius 2 is 2.20 bits per heavy atom. The van der Waals surface area contributed by atoms with Crippen molar-refractivity contribution in [2.45, 2.75) is 52.0 Å². The minimum atomic E-state index is -1.08. The van der Waals surface area contributed by atoms with Crippen molar-refractivity contribution in [2.75, 3.05) is 6.54 Å². The van der Waals surface area contributed by atoms with Crippen molar-refractivity contribution >= 4 is 23.2 Å². The molecule has 5 nitrogen and oxygen atoms in total. The van der Waals surface area contributed by atoms with Crippen LogP contribution >= 0.6 is 11.3 Å². The fraction of sp³-hybridized carbons (Fsp3) is 0.643. The highest BCUT2D eigenvalue weighted by molar-refractivity contribution is 7.13. The first-order valence-corrected chi connectivity index (χ1v) is 7.73. The average Bonchev–Trinajstić information content (AvgIpc) is 2.94. The molecule has 2 heterocycles. The van der Waals surface area contributed by atoms with Crippen molar-refractivity contribution in [2.24, 2.45) is 0 Å². The maximum absolute atomic E-state index is 12.6. The van der Waals surface area contributed by atoms with E-state index in [1.807, 2.05) is 6.92 Å². The SMILES string of the molecule is CCCc1nc(C)c(C(=O)N2CCCC2(C)C(=O)O)s1. The molecule has 0 spiro atoms. The lowest BCUT2D eigenvalue weighted by Gasteiger charge is -2.30. The van der Waals surface area contributed by atoms with Crippen molar-refractivity contribution in [3.8, 4) is 0 Å². The van der Waals surface area contributed by atoms with Crippen LogP contribution in [0.2, 0.25) is 0 Å². The number of hydrogen-bond acceptors (Lipinski definition) is 4. The maximum Gasteiger partial charge on any atom is 0.329 e. The highest BCUT2D eigenvalue weighted by Gasteiger charge is 2.46. The number of amides is 1. The van der Waals surface area contributed by atoms with E-state index in [2.05, 4.69) is 11.9 Å². The van der Waals surface area contributed by atoms with Crippen molar-refractivity contribution in [1.29, 1.82) is 0 Å². The van der Waals surface area contributed by atoms with Crippen molar-refractivity contribution in [3.63, 3.8) is 0 Å². The van der Waals surface area contributed by atoms with Gasteiger partial charge in [-0.25, -0.2) is 9.78 Å². The predicted octanol–water partition coefficient (Wildman–Crippen LogP) is 2.48. The van der Waals surface area contributed by atoms with Gasteiger partial charge in [-0.1, -0.05) is 6.92 Å². The lowest BCUT2D eigenvalue weighted by Crippen LogP contribution is -2.50. The molecule has 0 aromatic carbocycles. The minimum absolute atomic E-state index is 0.190. The summed E-state index contributed by atoms with van der Waals surface area (Å²) in [6, 6.07) is 0. The highest BCUT2D eigenvalue weighted by atomic mass is 32.1. The van der Waals surface area contributed by atoms with Crippen LogP contribution in [-0.2, 0) is 11.2 Å². The first-order chi connectivity index (χ1) is 9.40. The molecule has 1 aromatic rings. The molecule has 110 valence electrons. The van der Waals surface area contributed by atoms with E-state index in [4.69, 9.17) is 0 Å². The number of aliphatic carboxylic acids is 1. The van der Waals surface area contributed by atoms with Gasteiger partial charge < -0.3 is 10.0 Å². The number of carboxylic acids is 1. The summed E-state index contributed by atoms with van der Waals surface area (Å²) in [6.45, 7) is 6.02. The van der Waals surface area contributed by atoms with Gasteiger partial charge in [0, 0.05) is 6.54 Å². The first kappa shape index (κ1) is 15.0. The highest BCUT2D eigenvalue weighted by Crippen LogP contribution is 2.32. The molecule has 1 unspecified atom stereocenters. The van der Waals surface area contributed by atoms with Gasteiger partial charge in [-0.05, 0) is 39.5 Å². The Balaban J connectivity index is 2.29. The van der Waals surface area contributed by atoms with E-state index < -0.39 is 11.5 Å². The second-order valence-corrected chi connectivity index (χ2v) is 6.50. The number of carboxylic acid groups (broad SMARTS) is 1. The number of likely N-dealkylation sites (tertiary alicyclic amines) is 1. The molecular formula is C14H20N2O3S. The molecule has 20 heavy (non-hydrogen) atoms. The third-order valence-corrected chi connectivity index (χ3v) is 5.05. The van der Waals surface area contributed by atoms with Crippen LogP contribution in [0.1, 0.15) is 53.5 Å². The van der Waals surface area contributed by atoms with Gasteiger partial charge in [-0.2, -0.15) is 0 Å². The van der Waals surface area contributed by atoms with E-state index in [0.29, 0.717) is 23.5 Å². The second-order valence-electron chi connectivity index (χ2n) is 5.41. The molecule has 1 aliphatic rings. The van der Waals surface area contributed by atoms with E-state index in [1.54, 1.807) is 6.92 Å². The van der Waals surface area contributed by atoms with Crippen molar-refractivity contribution < 1.29 is 14.7 Å². The van der Waals surface area contributed by atoms with Crippen LogP contribution in [0.5, 0.6) is 0 Å². The summed E-state index contributed by atoms with van der Waals surface area (Å²) >= 11 is 1.40. The third kappa shape index (κ3) is 2.44. The summed E-state index contributed by atoms with van der Waals surface area (Å²) < 4.78 is 0.